The van der Waals surface area contributed by atoms with Gasteiger partial charge in [0.05, 0.1) is 18.2 Å². The van der Waals surface area contributed by atoms with E-state index < -0.39 is 23.3 Å². The third-order valence-corrected chi connectivity index (χ3v) is 6.44. The molecule has 174 valence electrons. The van der Waals surface area contributed by atoms with Crippen LogP contribution in [0.3, 0.4) is 0 Å². The van der Waals surface area contributed by atoms with Crippen LogP contribution in [0.25, 0.3) is 0 Å². The summed E-state index contributed by atoms with van der Waals surface area (Å²) in [4.78, 5) is 29.1. The summed E-state index contributed by atoms with van der Waals surface area (Å²) in [6.45, 7) is 4.33. The molecule has 1 amide bonds. The van der Waals surface area contributed by atoms with Crippen LogP contribution in [-0.4, -0.2) is 68.8 Å². The highest BCUT2D eigenvalue weighted by atomic mass is 19.4. The van der Waals surface area contributed by atoms with Gasteiger partial charge in [-0.2, -0.15) is 13.2 Å². The van der Waals surface area contributed by atoms with Crippen molar-refractivity contribution < 1.29 is 32.2 Å². The molecule has 3 heterocycles. The van der Waals surface area contributed by atoms with E-state index in [1.54, 1.807) is 22.8 Å². The summed E-state index contributed by atoms with van der Waals surface area (Å²) >= 11 is 0. The number of benzene rings is 1. The van der Waals surface area contributed by atoms with Gasteiger partial charge in [-0.1, -0.05) is 0 Å². The van der Waals surface area contributed by atoms with Crippen molar-refractivity contribution in [1.82, 2.24) is 10.2 Å². The van der Waals surface area contributed by atoms with Crippen molar-refractivity contribution in [3.63, 3.8) is 0 Å². The summed E-state index contributed by atoms with van der Waals surface area (Å²) in [6.07, 6.45) is -3.40. The van der Waals surface area contributed by atoms with Gasteiger partial charge in [-0.05, 0) is 32.1 Å². The highest BCUT2D eigenvalue weighted by molar-refractivity contribution is 6.07. The number of anilines is 1. The average molecular weight is 453 g/mol. The van der Waals surface area contributed by atoms with Gasteiger partial charge in [0.2, 0.25) is 0 Å². The molecule has 1 N–H and O–H groups in total. The SMILES string of the molecule is COc1cc(N2CCN(C(=O)C3=C(C)C(=O)OC34CCNCC4)CC2)cc(C(F)(F)F)c1. The Morgan fingerprint density at radius 2 is 1.78 bits per heavy atom. The van der Waals surface area contributed by atoms with Gasteiger partial charge in [-0.25, -0.2) is 4.79 Å². The predicted molar refractivity (Wildman–Crippen MR) is 110 cm³/mol. The lowest BCUT2D eigenvalue weighted by Crippen LogP contribution is -2.53. The zero-order valence-electron chi connectivity index (χ0n) is 18.1. The monoisotopic (exact) mass is 453 g/mol. The van der Waals surface area contributed by atoms with Gasteiger partial charge in [0.25, 0.3) is 5.91 Å². The van der Waals surface area contributed by atoms with Crippen LogP contribution < -0.4 is 15.0 Å². The molecule has 2 saturated heterocycles. The molecule has 0 bridgehead atoms. The first-order chi connectivity index (χ1) is 15.1. The second-order valence-corrected chi connectivity index (χ2v) is 8.33. The van der Waals surface area contributed by atoms with Gasteiger partial charge in [0.15, 0.2) is 0 Å². The molecule has 1 spiro atoms. The molecule has 10 heteroatoms. The molecule has 2 fully saturated rings. The summed E-state index contributed by atoms with van der Waals surface area (Å²) in [5.41, 5.74) is -0.483. The van der Waals surface area contributed by atoms with Crippen molar-refractivity contribution in [2.24, 2.45) is 0 Å². The van der Waals surface area contributed by atoms with E-state index in [0.29, 0.717) is 68.9 Å². The van der Waals surface area contributed by atoms with Crippen molar-refractivity contribution in [1.29, 1.82) is 0 Å². The normalized spacial score (nSPS) is 21.2. The fraction of sp³-hybridized carbons (Fsp3) is 0.545. The number of esters is 1. The minimum atomic E-state index is -4.48. The third-order valence-electron chi connectivity index (χ3n) is 6.44. The minimum Gasteiger partial charge on any atom is -0.497 e. The van der Waals surface area contributed by atoms with E-state index in [2.05, 4.69) is 5.32 Å². The van der Waals surface area contributed by atoms with Crippen molar-refractivity contribution in [3.8, 4) is 5.75 Å². The molecule has 0 saturated carbocycles. The number of piperidine rings is 1. The van der Waals surface area contributed by atoms with E-state index in [4.69, 9.17) is 9.47 Å². The van der Waals surface area contributed by atoms with Gasteiger partial charge in [0, 0.05) is 56.3 Å². The van der Waals surface area contributed by atoms with Crippen LogP contribution >= 0.6 is 0 Å². The Bertz CT molecular complexity index is 946. The van der Waals surface area contributed by atoms with E-state index in [-0.39, 0.29) is 11.7 Å². The number of rotatable bonds is 3. The summed E-state index contributed by atoms with van der Waals surface area (Å²) in [6, 6.07) is 3.63. The first-order valence-corrected chi connectivity index (χ1v) is 10.6. The molecule has 3 aliphatic heterocycles. The number of halogens is 3. The van der Waals surface area contributed by atoms with E-state index in [1.807, 2.05) is 0 Å². The number of amides is 1. The van der Waals surface area contributed by atoms with Crippen LogP contribution in [-0.2, 0) is 20.5 Å². The van der Waals surface area contributed by atoms with Crippen LogP contribution in [0.2, 0.25) is 0 Å². The lowest BCUT2D eigenvalue weighted by Gasteiger charge is -2.39. The number of carbonyl (C=O) groups is 2. The van der Waals surface area contributed by atoms with Gasteiger partial charge in [-0.3, -0.25) is 4.79 Å². The maximum Gasteiger partial charge on any atom is 0.416 e. The smallest absolute Gasteiger partial charge is 0.416 e. The highest BCUT2D eigenvalue weighted by Gasteiger charge is 2.50. The van der Waals surface area contributed by atoms with E-state index in [9.17, 15) is 22.8 Å². The van der Waals surface area contributed by atoms with Gasteiger partial charge in [0.1, 0.15) is 11.4 Å². The predicted octanol–water partition coefficient (Wildman–Crippen LogP) is 2.36. The summed E-state index contributed by atoms with van der Waals surface area (Å²) < 4.78 is 50.5. The lowest BCUT2D eigenvalue weighted by molar-refractivity contribution is -0.149. The summed E-state index contributed by atoms with van der Waals surface area (Å²) in [5.74, 6) is -0.551. The molecule has 1 aromatic carbocycles. The average Bonchev–Trinajstić information content (AvgIpc) is 3.01. The molecule has 32 heavy (non-hydrogen) atoms. The maximum atomic E-state index is 13.4. The zero-order valence-corrected chi connectivity index (χ0v) is 18.1. The Kier molecular flexibility index (Phi) is 5.83. The molecule has 7 nitrogen and oxygen atoms in total. The molecule has 4 rings (SSSR count). The molecule has 0 unspecified atom stereocenters. The number of methoxy groups -OCH3 is 1. The zero-order chi connectivity index (χ0) is 23.1. The number of alkyl halides is 3. The van der Waals surface area contributed by atoms with Gasteiger partial charge < -0.3 is 24.6 Å². The highest BCUT2D eigenvalue weighted by Crippen LogP contribution is 2.41. The first kappa shape index (κ1) is 22.4. The standard InChI is InChI=1S/C22H26F3N3O4/c1-14-18(21(32-20(14)30)3-5-26-6-4-21)19(29)28-9-7-27(8-10-28)16-11-15(22(23,24)25)12-17(13-16)31-2/h11-13,26H,3-10H2,1-2H3. The van der Waals surface area contributed by atoms with Crippen LogP contribution in [0.15, 0.2) is 29.3 Å². The van der Waals surface area contributed by atoms with Crippen molar-refractivity contribution >= 4 is 17.6 Å². The summed E-state index contributed by atoms with van der Waals surface area (Å²) in [7, 11) is 1.33. The number of piperazine rings is 1. The van der Waals surface area contributed by atoms with E-state index in [0.717, 1.165) is 12.1 Å². The maximum absolute atomic E-state index is 13.4. The fourth-order valence-corrected chi connectivity index (χ4v) is 4.66. The third kappa shape index (κ3) is 4.03. The molecule has 3 aliphatic rings. The second kappa shape index (κ2) is 8.31. The quantitative estimate of drug-likeness (QED) is 0.709. The van der Waals surface area contributed by atoms with E-state index in [1.165, 1.54) is 7.11 Å². The molecule has 0 aliphatic carbocycles. The number of nitrogens with zero attached hydrogens (tertiary/aromatic N) is 2. The fourth-order valence-electron chi connectivity index (χ4n) is 4.66. The van der Waals surface area contributed by atoms with E-state index >= 15 is 0 Å². The number of nitrogens with one attached hydrogen (secondary N) is 1. The minimum absolute atomic E-state index is 0.128. The Morgan fingerprint density at radius 3 is 2.38 bits per heavy atom. The summed E-state index contributed by atoms with van der Waals surface area (Å²) in [5, 5.41) is 3.22. The molecule has 0 aromatic heterocycles. The van der Waals surface area contributed by atoms with Crippen LogP contribution in [0.5, 0.6) is 5.75 Å². The Labute approximate surface area is 184 Å². The molecular formula is C22H26F3N3O4. The second-order valence-electron chi connectivity index (χ2n) is 8.33. The van der Waals surface area contributed by atoms with Gasteiger partial charge in [-0.15, -0.1) is 0 Å². The number of hydrogen-bond donors (Lipinski definition) is 1. The van der Waals surface area contributed by atoms with Crippen LogP contribution in [0.4, 0.5) is 18.9 Å². The Morgan fingerprint density at radius 1 is 1.12 bits per heavy atom. The molecular weight excluding hydrogens is 427 g/mol. The largest absolute Gasteiger partial charge is 0.497 e. The topological polar surface area (TPSA) is 71.1 Å². The Balaban J connectivity index is 1.51. The van der Waals surface area contributed by atoms with Crippen LogP contribution in [0, 0.1) is 0 Å². The first-order valence-electron chi connectivity index (χ1n) is 10.6. The van der Waals surface area contributed by atoms with Crippen molar-refractivity contribution in [3.05, 3.63) is 34.9 Å². The molecule has 0 radical (unpaired) electrons. The van der Waals surface area contributed by atoms with Crippen LogP contribution in [0.1, 0.15) is 25.3 Å². The lowest BCUT2D eigenvalue weighted by atomic mass is 9.83. The van der Waals surface area contributed by atoms with Crippen molar-refractivity contribution in [2.45, 2.75) is 31.5 Å². The Hall–Kier alpha value is -2.75. The molecule has 1 aromatic rings. The number of hydrogen-bond acceptors (Lipinski definition) is 6. The molecule has 0 atom stereocenters. The number of carbonyl (C=O) groups excluding carboxylic acids is 2. The number of ether oxygens (including phenoxy) is 2. The van der Waals surface area contributed by atoms with Gasteiger partial charge >= 0.3 is 12.1 Å². The van der Waals surface area contributed by atoms with Crippen molar-refractivity contribution in [2.75, 3.05) is 51.3 Å².